The summed E-state index contributed by atoms with van der Waals surface area (Å²) in [6.45, 7) is 6.18. The molecule has 1 aromatic carbocycles. The molecule has 8 heteroatoms. The number of pyridine rings is 1. The number of carbonyl (C=O) groups excluding carboxylic acids is 2. The molecule has 0 radical (unpaired) electrons. The van der Waals surface area contributed by atoms with E-state index >= 15 is 0 Å². The van der Waals surface area contributed by atoms with E-state index in [1.165, 1.54) is 4.90 Å². The number of ether oxygens (including phenoxy) is 1. The molecular formula is C21H25F2N3O3. The van der Waals surface area contributed by atoms with E-state index in [4.69, 9.17) is 4.74 Å². The monoisotopic (exact) mass is 405 g/mol. The first-order valence-electron chi connectivity index (χ1n) is 9.26. The van der Waals surface area contributed by atoms with Crippen molar-refractivity contribution in [3.05, 3.63) is 65.5 Å². The van der Waals surface area contributed by atoms with Gasteiger partial charge in [-0.15, -0.1) is 0 Å². The lowest BCUT2D eigenvalue weighted by atomic mass is 10.2. The minimum absolute atomic E-state index is 0.210. The number of nitrogens with zero attached hydrogens (tertiary/aromatic N) is 2. The smallest absolute Gasteiger partial charge is 0.410 e. The van der Waals surface area contributed by atoms with E-state index in [0.717, 1.165) is 17.7 Å². The van der Waals surface area contributed by atoms with Crippen molar-refractivity contribution >= 4 is 12.0 Å². The minimum Gasteiger partial charge on any atom is -0.444 e. The second kappa shape index (κ2) is 9.95. The maximum atomic E-state index is 13.7. The maximum Gasteiger partial charge on any atom is 0.410 e. The highest BCUT2D eigenvalue weighted by Crippen LogP contribution is 2.13. The fourth-order valence-corrected chi connectivity index (χ4v) is 2.51. The van der Waals surface area contributed by atoms with Crippen LogP contribution in [0.25, 0.3) is 0 Å². The van der Waals surface area contributed by atoms with Gasteiger partial charge >= 0.3 is 6.09 Å². The fourth-order valence-electron chi connectivity index (χ4n) is 2.51. The van der Waals surface area contributed by atoms with Crippen LogP contribution in [0.3, 0.4) is 0 Å². The van der Waals surface area contributed by atoms with Crippen molar-refractivity contribution in [3.63, 3.8) is 0 Å². The fraction of sp³-hybridized carbons (Fsp3) is 0.381. The summed E-state index contributed by atoms with van der Waals surface area (Å²) in [6.07, 6.45) is 3.26. The highest BCUT2D eigenvalue weighted by molar-refractivity contribution is 5.94. The molecule has 0 aliphatic rings. The van der Waals surface area contributed by atoms with Crippen LogP contribution in [0.4, 0.5) is 13.6 Å². The lowest BCUT2D eigenvalue weighted by Gasteiger charge is -2.27. The van der Waals surface area contributed by atoms with E-state index in [2.05, 4.69) is 10.3 Å². The zero-order valence-electron chi connectivity index (χ0n) is 16.7. The molecule has 1 heterocycles. The highest BCUT2D eigenvalue weighted by atomic mass is 19.1. The zero-order valence-corrected chi connectivity index (χ0v) is 16.7. The van der Waals surface area contributed by atoms with Gasteiger partial charge in [-0.05, 0) is 51.0 Å². The second-order valence-corrected chi connectivity index (χ2v) is 7.50. The Morgan fingerprint density at radius 1 is 1.21 bits per heavy atom. The van der Waals surface area contributed by atoms with Crippen LogP contribution >= 0.6 is 0 Å². The molecule has 0 unspecified atom stereocenters. The molecule has 0 bridgehead atoms. The topological polar surface area (TPSA) is 71.5 Å². The predicted octanol–water partition coefficient (Wildman–Crippen LogP) is 3.92. The number of hydrogen-bond acceptors (Lipinski definition) is 4. The van der Waals surface area contributed by atoms with Crippen molar-refractivity contribution in [2.75, 3.05) is 13.1 Å². The molecule has 1 N–H and O–H groups in total. The predicted molar refractivity (Wildman–Crippen MR) is 104 cm³/mol. The number of aromatic nitrogens is 1. The summed E-state index contributed by atoms with van der Waals surface area (Å²) >= 11 is 0. The third-order valence-corrected chi connectivity index (χ3v) is 3.81. The third-order valence-electron chi connectivity index (χ3n) is 3.81. The van der Waals surface area contributed by atoms with Crippen molar-refractivity contribution in [3.8, 4) is 0 Å². The van der Waals surface area contributed by atoms with Crippen LogP contribution in [-0.2, 0) is 11.3 Å². The number of halogens is 2. The van der Waals surface area contributed by atoms with Gasteiger partial charge in [0.25, 0.3) is 5.91 Å². The van der Waals surface area contributed by atoms with Crippen molar-refractivity contribution < 1.29 is 23.1 Å². The first-order valence-corrected chi connectivity index (χ1v) is 9.26. The molecule has 1 aromatic heterocycles. The normalized spacial score (nSPS) is 11.1. The summed E-state index contributed by atoms with van der Waals surface area (Å²) in [4.78, 5) is 30.1. The molecule has 0 saturated carbocycles. The number of benzene rings is 1. The highest BCUT2D eigenvalue weighted by Gasteiger charge is 2.22. The van der Waals surface area contributed by atoms with Gasteiger partial charge in [0.15, 0.2) is 0 Å². The van der Waals surface area contributed by atoms with Gasteiger partial charge in [0, 0.05) is 31.5 Å². The molecule has 0 saturated heterocycles. The van der Waals surface area contributed by atoms with E-state index < -0.39 is 29.2 Å². The Morgan fingerprint density at radius 3 is 2.59 bits per heavy atom. The molecule has 0 atom stereocenters. The van der Waals surface area contributed by atoms with Crippen LogP contribution in [0.1, 0.15) is 43.1 Å². The van der Waals surface area contributed by atoms with Gasteiger partial charge in [-0.2, -0.15) is 0 Å². The maximum absolute atomic E-state index is 13.7. The summed E-state index contributed by atoms with van der Waals surface area (Å²) in [5.74, 6) is -2.31. The number of rotatable bonds is 7. The number of nitrogens with one attached hydrogen (secondary N) is 1. The molecule has 2 rings (SSSR count). The Labute approximate surface area is 168 Å². The van der Waals surface area contributed by atoms with Crippen LogP contribution in [0.15, 0.2) is 42.7 Å². The average Bonchev–Trinajstić information content (AvgIpc) is 2.63. The molecule has 156 valence electrons. The van der Waals surface area contributed by atoms with Gasteiger partial charge in [-0.1, -0.05) is 6.07 Å². The minimum atomic E-state index is -0.922. The molecule has 0 aliphatic heterocycles. The average molecular weight is 405 g/mol. The third kappa shape index (κ3) is 7.48. The molecule has 0 fully saturated rings. The van der Waals surface area contributed by atoms with E-state index in [0.29, 0.717) is 25.6 Å². The molecule has 2 aromatic rings. The van der Waals surface area contributed by atoms with Crippen LogP contribution in [0, 0.1) is 11.6 Å². The largest absolute Gasteiger partial charge is 0.444 e. The van der Waals surface area contributed by atoms with E-state index in [-0.39, 0.29) is 12.1 Å². The van der Waals surface area contributed by atoms with E-state index in [1.807, 2.05) is 6.07 Å². The first kappa shape index (κ1) is 22.3. The number of amides is 2. The molecule has 6 nitrogen and oxygen atoms in total. The second-order valence-electron chi connectivity index (χ2n) is 7.50. The number of hydrogen-bond donors (Lipinski definition) is 1. The molecule has 29 heavy (non-hydrogen) atoms. The molecule has 2 amide bonds. The Morgan fingerprint density at radius 2 is 1.97 bits per heavy atom. The van der Waals surface area contributed by atoms with Gasteiger partial charge in [-0.3, -0.25) is 9.78 Å². The van der Waals surface area contributed by atoms with Crippen molar-refractivity contribution in [1.29, 1.82) is 0 Å². The van der Waals surface area contributed by atoms with Gasteiger partial charge in [0.2, 0.25) is 0 Å². The summed E-state index contributed by atoms with van der Waals surface area (Å²) < 4.78 is 32.1. The Bertz CT molecular complexity index is 839. The van der Waals surface area contributed by atoms with E-state index in [9.17, 15) is 18.4 Å². The number of carbonyl (C=O) groups is 2. The lowest BCUT2D eigenvalue weighted by Crippen LogP contribution is -2.38. The Hall–Kier alpha value is -3.03. The molecular weight excluding hydrogens is 380 g/mol. The summed E-state index contributed by atoms with van der Waals surface area (Å²) in [5, 5.41) is 2.57. The van der Waals surface area contributed by atoms with Gasteiger partial charge in [-0.25, -0.2) is 13.6 Å². The van der Waals surface area contributed by atoms with Crippen molar-refractivity contribution in [2.45, 2.75) is 39.3 Å². The van der Waals surface area contributed by atoms with Gasteiger partial charge < -0.3 is 15.0 Å². The first-order chi connectivity index (χ1) is 13.7. The quantitative estimate of drug-likeness (QED) is 0.709. The van der Waals surface area contributed by atoms with Crippen molar-refractivity contribution in [1.82, 2.24) is 15.2 Å². The summed E-state index contributed by atoms with van der Waals surface area (Å²) in [6, 6.07) is 6.40. The van der Waals surface area contributed by atoms with E-state index in [1.54, 1.807) is 39.2 Å². The Balaban J connectivity index is 1.92. The molecule has 0 spiro atoms. The van der Waals surface area contributed by atoms with Crippen LogP contribution in [0.2, 0.25) is 0 Å². The zero-order chi connectivity index (χ0) is 21.4. The summed E-state index contributed by atoms with van der Waals surface area (Å²) in [7, 11) is 0. The standard InChI is InChI=1S/C21H25F2N3O3/c1-21(2,3)29-20(28)26(14-15-6-4-9-24-13-15)11-5-10-25-19(27)17-8-7-16(22)12-18(17)23/h4,6-9,12-13H,5,10-11,14H2,1-3H3,(H,25,27). The van der Waals surface area contributed by atoms with Crippen LogP contribution in [-0.4, -0.2) is 40.6 Å². The van der Waals surface area contributed by atoms with Gasteiger partial charge in [0.1, 0.15) is 17.2 Å². The summed E-state index contributed by atoms with van der Waals surface area (Å²) in [5.41, 5.74) is -0.0277. The SMILES string of the molecule is CC(C)(C)OC(=O)N(CCCNC(=O)c1ccc(F)cc1F)Cc1cccnc1. The van der Waals surface area contributed by atoms with Crippen LogP contribution in [0.5, 0.6) is 0 Å². The van der Waals surface area contributed by atoms with Crippen molar-refractivity contribution in [2.24, 2.45) is 0 Å². The molecule has 0 aliphatic carbocycles. The van der Waals surface area contributed by atoms with Gasteiger partial charge in [0.05, 0.1) is 12.1 Å². The van der Waals surface area contributed by atoms with Crippen LogP contribution < -0.4 is 5.32 Å². The lowest BCUT2D eigenvalue weighted by molar-refractivity contribution is 0.0232. The Kier molecular flexibility index (Phi) is 7.64.